The first kappa shape index (κ1) is 21.8. The number of aryl methyl sites for hydroxylation is 2. The summed E-state index contributed by atoms with van der Waals surface area (Å²) in [4.78, 5) is 25.3. The number of benzene rings is 3. The molecule has 0 unspecified atom stereocenters. The smallest absolute Gasteiger partial charge is 0.258 e. The van der Waals surface area contributed by atoms with Gasteiger partial charge in [0.25, 0.3) is 11.8 Å². The van der Waals surface area contributed by atoms with Crippen LogP contribution >= 0.6 is 0 Å². The molecule has 0 bridgehead atoms. The number of aromatic nitrogens is 4. The molecule has 3 aromatic carbocycles. The van der Waals surface area contributed by atoms with Crippen molar-refractivity contribution < 1.29 is 18.4 Å². The van der Waals surface area contributed by atoms with Gasteiger partial charge in [-0.2, -0.15) is 4.68 Å². The zero-order chi connectivity index (χ0) is 23.5. The van der Waals surface area contributed by atoms with Crippen LogP contribution in [0.2, 0.25) is 0 Å². The molecule has 0 spiro atoms. The van der Waals surface area contributed by atoms with Crippen molar-refractivity contribution in [1.82, 2.24) is 20.2 Å². The SMILES string of the molecule is Cc1ccc(C(=O)Nc2ccc(F)c(-n3nnnc3C)c2)cc1NC(=O)c1ccccc1F. The van der Waals surface area contributed by atoms with Gasteiger partial charge in [0.2, 0.25) is 0 Å². The Morgan fingerprint density at radius 1 is 0.879 bits per heavy atom. The second kappa shape index (κ2) is 8.95. The first-order valence-electron chi connectivity index (χ1n) is 9.86. The van der Waals surface area contributed by atoms with Crippen molar-refractivity contribution in [3.8, 4) is 5.69 Å². The van der Waals surface area contributed by atoms with Gasteiger partial charge in [-0.3, -0.25) is 9.59 Å². The van der Waals surface area contributed by atoms with Crippen molar-refractivity contribution in [2.45, 2.75) is 13.8 Å². The molecule has 2 amide bonds. The summed E-state index contributed by atoms with van der Waals surface area (Å²) in [5, 5.41) is 16.3. The largest absolute Gasteiger partial charge is 0.322 e. The normalized spacial score (nSPS) is 10.7. The third-order valence-electron chi connectivity index (χ3n) is 4.92. The van der Waals surface area contributed by atoms with Gasteiger partial charge in [0.05, 0.1) is 5.56 Å². The molecular formula is C23H18F2N6O2. The molecule has 0 fully saturated rings. The molecule has 0 aliphatic carbocycles. The van der Waals surface area contributed by atoms with E-state index in [0.29, 0.717) is 22.8 Å². The predicted octanol–water partition coefficient (Wildman–Crippen LogP) is 4.06. The van der Waals surface area contributed by atoms with Crippen LogP contribution in [0.15, 0.2) is 60.7 Å². The molecule has 2 N–H and O–H groups in total. The van der Waals surface area contributed by atoms with Crippen LogP contribution < -0.4 is 10.6 Å². The molecule has 166 valence electrons. The van der Waals surface area contributed by atoms with Crippen LogP contribution in [-0.4, -0.2) is 32.0 Å². The van der Waals surface area contributed by atoms with Crippen LogP contribution in [-0.2, 0) is 0 Å². The average Bonchev–Trinajstić information content (AvgIpc) is 3.22. The van der Waals surface area contributed by atoms with Gasteiger partial charge >= 0.3 is 0 Å². The number of anilines is 2. The number of carbonyl (C=O) groups excluding carboxylic acids is 2. The Kier molecular flexibility index (Phi) is 5.90. The standard InChI is InChI=1S/C23H18F2N6O2/c1-13-7-8-15(11-20(13)27-23(33)17-5-3-4-6-18(17)24)22(32)26-16-9-10-19(25)21(12-16)31-14(2)28-29-30-31/h3-12H,1-2H3,(H,26,32)(H,27,33). The molecule has 0 saturated heterocycles. The Balaban J connectivity index is 1.56. The molecular weight excluding hydrogens is 430 g/mol. The lowest BCUT2D eigenvalue weighted by atomic mass is 10.1. The van der Waals surface area contributed by atoms with E-state index in [1.807, 2.05) is 0 Å². The van der Waals surface area contributed by atoms with E-state index in [1.165, 1.54) is 47.1 Å². The zero-order valence-corrected chi connectivity index (χ0v) is 17.6. The monoisotopic (exact) mass is 448 g/mol. The van der Waals surface area contributed by atoms with Gasteiger partial charge in [0, 0.05) is 16.9 Å². The predicted molar refractivity (Wildman–Crippen MR) is 117 cm³/mol. The quantitative estimate of drug-likeness (QED) is 0.479. The first-order chi connectivity index (χ1) is 15.8. The number of rotatable bonds is 5. The number of halogens is 2. The van der Waals surface area contributed by atoms with Crippen LogP contribution in [0.3, 0.4) is 0 Å². The third kappa shape index (κ3) is 4.59. The van der Waals surface area contributed by atoms with Crippen molar-refractivity contribution in [1.29, 1.82) is 0 Å². The molecule has 0 atom stereocenters. The van der Waals surface area contributed by atoms with E-state index in [1.54, 1.807) is 32.0 Å². The highest BCUT2D eigenvalue weighted by Crippen LogP contribution is 2.22. The van der Waals surface area contributed by atoms with E-state index >= 15 is 0 Å². The number of tetrazole rings is 1. The first-order valence-corrected chi connectivity index (χ1v) is 9.86. The minimum absolute atomic E-state index is 0.0806. The van der Waals surface area contributed by atoms with Crippen molar-refractivity contribution in [3.63, 3.8) is 0 Å². The molecule has 0 radical (unpaired) electrons. The Morgan fingerprint density at radius 3 is 2.39 bits per heavy atom. The summed E-state index contributed by atoms with van der Waals surface area (Å²) in [6.45, 7) is 3.37. The van der Waals surface area contributed by atoms with Gasteiger partial charge in [-0.25, -0.2) is 8.78 Å². The molecule has 1 aromatic heterocycles. The Bertz CT molecular complexity index is 1370. The Morgan fingerprint density at radius 2 is 1.67 bits per heavy atom. The maximum absolute atomic E-state index is 14.3. The summed E-state index contributed by atoms with van der Waals surface area (Å²) in [7, 11) is 0. The zero-order valence-electron chi connectivity index (χ0n) is 17.6. The number of nitrogens with one attached hydrogen (secondary N) is 2. The molecule has 4 rings (SSSR count). The number of nitrogens with zero attached hydrogens (tertiary/aromatic N) is 4. The summed E-state index contributed by atoms with van der Waals surface area (Å²) in [6.07, 6.45) is 0. The minimum atomic E-state index is -0.647. The number of carbonyl (C=O) groups is 2. The van der Waals surface area contributed by atoms with Crippen LogP contribution in [0.25, 0.3) is 5.69 Å². The molecule has 0 aliphatic heterocycles. The van der Waals surface area contributed by atoms with Gasteiger partial charge in [0.15, 0.2) is 5.82 Å². The van der Waals surface area contributed by atoms with Gasteiger partial charge in [-0.1, -0.05) is 18.2 Å². The van der Waals surface area contributed by atoms with Gasteiger partial charge < -0.3 is 10.6 Å². The van der Waals surface area contributed by atoms with Crippen molar-refractivity contribution in [3.05, 3.63) is 94.8 Å². The van der Waals surface area contributed by atoms with Gasteiger partial charge in [-0.05, 0) is 72.3 Å². The summed E-state index contributed by atoms with van der Waals surface area (Å²) < 4.78 is 29.4. The van der Waals surface area contributed by atoms with E-state index in [0.717, 1.165) is 0 Å². The second-order valence-electron chi connectivity index (χ2n) is 7.22. The lowest BCUT2D eigenvalue weighted by Gasteiger charge is -2.12. The Hall–Kier alpha value is -4.47. The van der Waals surface area contributed by atoms with Crippen LogP contribution in [0.4, 0.5) is 20.2 Å². The molecule has 1 heterocycles. The van der Waals surface area contributed by atoms with Gasteiger partial charge in [0.1, 0.15) is 17.3 Å². The Labute approximate surface area is 187 Å². The maximum atomic E-state index is 14.3. The second-order valence-corrected chi connectivity index (χ2v) is 7.22. The van der Waals surface area contributed by atoms with Crippen LogP contribution in [0.1, 0.15) is 32.1 Å². The van der Waals surface area contributed by atoms with Crippen LogP contribution in [0.5, 0.6) is 0 Å². The highest BCUT2D eigenvalue weighted by atomic mass is 19.1. The maximum Gasteiger partial charge on any atom is 0.258 e. The lowest BCUT2D eigenvalue weighted by molar-refractivity contribution is 0.101. The van der Waals surface area contributed by atoms with Crippen LogP contribution in [0, 0.1) is 25.5 Å². The summed E-state index contributed by atoms with van der Waals surface area (Å²) in [5.41, 5.74) is 1.59. The highest BCUT2D eigenvalue weighted by Gasteiger charge is 2.16. The topological polar surface area (TPSA) is 102 Å². The third-order valence-corrected chi connectivity index (χ3v) is 4.92. The summed E-state index contributed by atoms with van der Waals surface area (Å²) in [5.74, 6) is -1.94. The van der Waals surface area contributed by atoms with Crippen molar-refractivity contribution >= 4 is 23.2 Å². The summed E-state index contributed by atoms with van der Waals surface area (Å²) in [6, 6.07) is 14.4. The summed E-state index contributed by atoms with van der Waals surface area (Å²) >= 11 is 0. The van der Waals surface area contributed by atoms with E-state index in [9.17, 15) is 18.4 Å². The molecule has 0 saturated carbocycles. The molecule has 4 aromatic rings. The fourth-order valence-electron chi connectivity index (χ4n) is 3.14. The minimum Gasteiger partial charge on any atom is -0.322 e. The van der Waals surface area contributed by atoms with Crippen molar-refractivity contribution in [2.75, 3.05) is 10.6 Å². The highest BCUT2D eigenvalue weighted by molar-refractivity contribution is 6.08. The fourth-order valence-corrected chi connectivity index (χ4v) is 3.14. The van der Waals surface area contributed by atoms with E-state index in [4.69, 9.17) is 0 Å². The van der Waals surface area contributed by atoms with Gasteiger partial charge in [-0.15, -0.1) is 5.10 Å². The van der Waals surface area contributed by atoms with E-state index in [-0.39, 0.29) is 16.8 Å². The molecule has 33 heavy (non-hydrogen) atoms. The fraction of sp³-hybridized carbons (Fsp3) is 0.0870. The van der Waals surface area contributed by atoms with E-state index in [2.05, 4.69) is 26.2 Å². The number of hydrogen-bond acceptors (Lipinski definition) is 5. The molecule has 0 aliphatic rings. The lowest BCUT2D eigenvalue weighted by Crippen LogP contribution is -2.16. The van der Waals surface area contributed by atoms with E-state index < -0.39 is 23.4 Å². The average molecular weight is 448 g/mol. The molecule has 8 nitrogen and oxygen atoms in total. The number of hydrogen-bond donors (Lipinski definition) is 2. The van der Waals surface area contributed by atoms with Crippen molar-refractivity contribution in [2.24, 2.45) is 0 Å². The number of amides is 2. The molecule has 10 heteroatoms.